The van der Waals surface area contributed by atoms with E-state index in [0.29, 0.717) is 29.2 Å². The van der Waals surface area contributed by atoms with Crippen LogP contribution in [0.2, 0.25) is 5.02 Å². The molecule has 3 aromatic rings. The van der Waals surface area contributed by atoms with Gasteiger partial charge in [0.25, 0.3) is 0 Å². The molecule has 2 aromatic carbocycles. The maximum absolute atomic E-state index is 13.8. The van der Waals surface area contributed by atoms with Crippen LogP contribution in [0.15, 0.2) is 60.8 Å². The molecule has 0 saturated carbocycles. The van der Waals surface area contributed by atoms with Gasteiger partial charge in [-0.3, -0.25) is 0 Å². The van der Waals surface area contributed by atoms with E-state index in [2.05, 4.69) is 41.9 Å². The molecule has 2 amide bonds. The summed E-state index contributed by atoms with van der Waals surface area (Å²) < 4.78 is 0. The Morgan fingerprint density at radius 3 is 2.54 bits per heavy atom. The molecule has 1 aliphatic heterocycles. The Labute approximate surface area is 236 Å². The van der Waals surface area contributed by atoms with Gasteiger partial charge in [0, 0.05) is 0 Å². The summed E-state index contributed by atoms with van der Waals surface area (Å²) in [4.78, 5) is 35.6. The first-order valence-electron chi connectivity index (χ1n) is 13.4. The SMILES string of the molecule is B=C(Nc1ccc(C)cn1)c1ccc(CN2C(=O)c3ccc(Cl)cc3NC(=O)[C@H]2CCN(CC)CCC)cc1. The van der Waals surface area contributed by atoms with Gasteiger partial charge in [-0.2, -0.15) is 0 Å². The molecule has 0 spiro atoms. The van der Waals surface area contributed by atoms with Crippen molar-refractivity contribution in [1.82, 2.24) is 14.8 Å². The van der Waals surface area contributed by atoms with E-state index in [4.69, 9.17) is 11.6 Å². The fourth-order valence-corrected chi connectivity index (χ4v) is 4.93. The van der Waals surface area contributed by atoms with Crippen molar-refractivity contribution in [3.8, 4) is 0 Å². The summed E-state index contributed by atoms with van der Waals surface area (Å²) in [5.74, 6) is 0.336. The molecule has 9 heteroatoms. The molecular weight excluding hydrogens is 509 g/mol. The number of benzene rings is 2. The summed E-state index contributed by atoms with van der Waals surface area (Å²) in [6.07, 6.45) is 3.37. The van der Waals surface area contributed by atoms with E-state index in [-0.39, 0.29) is 11.8 Å². The molecule has 0 bridgehead atoms. The number of halogens is 1. The first kappa shape index (κ1) is 28.5. The van der Waals surface area contributed by atoms with E-state index in [1.165, 1.54) is 0 Å². The van der Waals surface area contributed by atoms with Crippen molar-refractivity contribution < 1.29 is 9.59 Å². The molecule has 7 nitrogen and oxygen atoms in total. The van der Waals surface area contributed by atoms with E-state index in [1.54, 1.807) is 29.3 Å². The van der Waals surface area contributed by atoms with Gasteiger partial charge in [0.05, 0.1) is 0 Å². The van der Waals surface area contributed by atoms with E-state index in [1.807, 2.05) is 43.3 Å². The summed E-state index contributed by atoms with van der Waals surface area (Å²) >= 11 is 6.18. The number of carbonyl (C=O) groups excluding carboxylic acids is 2. The van der Waals surface area contributed by atoms with Crippen molar-refractivity contribution in [1.29, 1.82) is 0 Å². The Bertz CT molecular complexity index is 1330. The first-order chi connectivity index (χ1) is 18.8. The molecule has 0 aliphatic carbocycles. The molecular formula is C30H35BClN5O2. The number of amides is 2. The van der Waals surface area contributed by atoms with Gasteiger partial charge in [-0.15, -0.1) is 0 Å². The zero-order valence-corrected chi connectivity index (χ0v) is 23.6. The number of pyridine rings is 1. The number of carbonyl (C=O) groups is 2. The molecule has 1 aliphatic rings. The average Bonchev–Trinajstić information content (AvgIpc) is 3.01. The minimum atomic E-state index is -0.612. The van der Waals surface area contributed by atoms with Crippen LogP contribution in [0.1, 0.15) is 53.7 Å². The third kappa shape index (κ3) is 7.13. The Balaban J connectivity index is 1.56. The number of nitrogens with one attached hydrogen (secondary N) is 2. The number of aromatic nitrogens is 1. The van der Waals surface area contributed by atoms with E-state index >= 15 is 0 Å². The quantitative estimate of drug-likeness (QED) is 0.345. The van der Waals surface area contributed by atoms with Crippen LogP contribution in [0.3, 0.4) is 0 Å². The number of hydrogen-bond donors (Lipinski definition) is 2. The Hall–Kier alpha value is -3.49. The van der Waals surface area contributed by atoms with Gasteiger partial charge < -0.3 is 0 Å². The minimum absolute atomic E-state index is 0.191. The topological polar surface area (TPSA) is 77.6 Å². The third-order valence-corrected chi connectivity index (χ3v) is 7.20. The fourth-order valence-electron chi connectivity index (χ4n) is 4.75. The molecule has 0 radical (unpaired) electrons. The van der Waals surface area contributed by atoms with Crippen LogP contribution in [0, 0.1) is 6.92 Å². The van der Waals surface area contributed by atoms with Crippen molar-refractivity contribution in [2.24, 2.45) is 0 Å². The van der Waals surface area contributed by atoms with E-state index in [9.17, 15) is 9.59 Å². The second-order valence-corrected chi connectivity index (χ2v) is 10.3. The number of hydrogen-bond acceptors (Lipinski definition) is 5. The van der Waals surface area contributed by atoms with Gasteiger partial charge in [-0.05, 0) is 6.42 Å². The van der Waals surface area contributed by atoms with Gasteiger partial charge in [-0.25, -0.2) is 0 Å². The Kier molecular flexibility index (Phi) is 9.54. The summed E-state index contributed by atoms with van der Waals surface area (Å²) in [5, 5.41) is 6.66. The summed E-state index contributed by atoms with van der Waals surface area (Å²) in [6, 6.07) is 16.2. The number of nitrogens with zero attached hydrogens (tertiary/aromatic N) is 3. The van der Waals surface area contributed by atoms with E-state index < -0.39 is 6.04 Å². The molecule has 2 N–H and O–H groups in total. The zero-order chi connectivity index (χ0) is 27.9. The molecule has 1 atom stereocenters. The molecule has 1 aromatic heterocycles. The van der Waals surface area contributed by atoms with Gasteiger partial charge >= 0.3 is 205 Å². The van der Waals surface area contributed by atoms with Crippen molar-refractivity contribution in [2.45, 2.75) is 46.2 Å². The van der Waals surface area contributed by atoms with Crippen LogP contribution in [0.5, 0.6) is 0 Å². The average molecular weight is 544 g/mol. The standard InChI is InChI=1S/C30H35BClN5O2/c1-4-15-36(5-2)16-14-26-29(38)34-25-17-23(32)11-12-24(25)30(39)37(26)19-21-7-9-22(10-8-21)28(31)35-27-13-6-20(3)18-33-27/h6-13,17-18,26,31H,4-5,14-16,19H2,1-3H3,(H,33,35)(H,34,38)/t26-/m1/s1. The van der Waals surface area contributed by atoms with Crippen LogP contribution in [-0.2, 0) is 11.3 Å². The molecule has 0 unspecified atom stereocenters. The number of anilines is 2. The number of aryl methyl sites for hydroxylation is 1. The second kappa shape index (κ2) is 13.0. The summed E-state index contributed by atoms with van der Waals surface area (Å²) in [6.45, 7) is 9.12. The van der Waals surface area contributed by atoms with Gasteiger partial charge in [0.15, 0.2) is 0 Å². The number of rotatable bonds is 11. The van der Waals surface area contributed by atoms with Crippen LogP contribution in [0.4, 0.5) is 11.5 Å². The predicted molar refractivity (Wildman–Crippen MR) is 161 cm³/mol. The van der Waals surface area contributed by atoms with Crippen molar-refractivity contribution in [3.05, 3.63) is 88.1 Å². The van der Waals surface area contributed by atoms with Crippen LogP contribution in [-0.4, -0.2) is 65.3 Å². The van der Waals surface area contributed by atoms with Crippen LogP contribution >= 0.6 is 11.6 Å². The van der Waals surface area contributed by atoms with E-state index in [0.717, 1.165) is 54.2 Å². The maximum atomic E-state index is 13.8. The Morgan fingerprint density at radius 2 is 1.87 bits per heavy atom. The third-order valence-electron chi connectivity index (χ3n) is 6.96. The molecule has 4 rings (SSSR count). The molecule has 0 saturated heterocycles. The van der Waals surface area contributed by atoms with Crippen LogP contribution < -0.4 is 10.6 Å². The molecule has 2 heterocycles. The predicted octanol–water partition coefficient (Wildman–Crippen LogP) is 4.62. The van der Waals surface area contributed by atoms with Crippen molar-refractivity contribution in [3.63, 3.8) is 0 Å². The normalized spacial score (nSPS) is 15.1. The van der Waals surface area contributed by atoms with Crippen LogP contribution in [0.25, 0.3) is 0 Å². The zero-order valence-electron chi connectivity index (χ0n) is 22.8. The van der Waals surface area contributed by atoms with Crippen molar-refractivity contribution >= 4 is 48.0 Å². The Morgan fingerprint density at radius 1 is 1.10 bits per heavy atom. The van der Waals surface area contributed by atoms with Gasteiger partial charge in [0.1, 0.15) is 0 Å². The van der Waals surface area contributed by atoms with Gasteiger partial charge in [-0.1, -0.05) is 25.4 Å². The monoisotopic (exact) mass is 543 g/mol. The molecule has 0 fully saturated rings. The number of fused-ring (bicyclic) bond motifs is 1. The second-order valence-electron chi connectivity index (χ2n) is 9.87. The fraction of sp³-hybridized carbons (Fsp3) is 0.333. The molecule has 202 valence electrons. The van der Waals surface area contributed by atoms with Crippen molar-refractivity contribution in [2.75, 3.05) is 30.3 Å². The van der Waals surface area contributed by atoms with Gasteiger partial charge in [0.2, 0.25) is 0 Å². The summed E-state index contributed by atoms with van der Waals surface area (Å²) in [5.41, 5.74) is 4.54. The summed E-state index contributed by atoms with van der Waals surface area (Å²) in [7, 11) is 4.15. The molecule has 39 heavy (non-hydrogen) atoms. The first-order valence-corrected chi connectivity index (χ1v) is 13.8.